The van der Waals surface area contributed by atoms with E-state index in [1.807, 2.05) is 0 Å². The molecule has 0 radical (unpaired) electrons. The van der Waals surface area contributed by atoms with E-state index in [2.05, 4.69) is 0 Å². The summed E-state index contributed by atoms with van der Waals surface area (Å²) in [4.78, 5) is 50.0. The van der Waals surface area contributed by atoms with Crippen LogP contribution in [-0.4, -0.2) is 52.1 Å². The summed E-state index contributed by atoms with van der Waals surface area (Å²) < 4.78 is 0. The summed E-state index contributed by atoms with van der Waals surface area (Å²) in [6.45, 7) is -0.340. The monoisotopic (exact) mass is 345 g/mol. The highest BCUT2D eigenvalue weighted by molar-refractivity contribution is 6.22. The molecule has 0 unspecified atom stereocenters. The highest BCUT2D eigenvalue weighted by Gasteiger charge is 2.38. The lowest BCUT2D eigenvalue weighted by molar-refractivity contribution is -0.384. The van der Waals surface area contributed by atoms with Crippen LogP contribution in [-0.2, 0) is 4.79 Å². The van der Waals surface area contributed by atoms with Gasteiger partial charge in [-0.25, -0.2) is 0 Å². The number of fused-ring (bicyclic) bond motifs is 1. The molecule has 0 spiro atoms. The molecule has 1 aromatic rings. The number of imide groups is 1. The molecule has 0 saturated heterocycles. The lowest BCUT2D eigenvalue weighted by Gasteiger charge is -2.32. The summed E-state index contributed by atoms with van der Waals surface area (Å²) in [7, 11) is 1.70. The van der Waals surface area contributed by atoms with Gasteiger partial charge in [-0.05, 0) is 18.9 Å². The van der Waals surface area contributed by atoms with Crippen LogP contribution >= 0.6 is 0 Å². The zero-order chi connectivity index (χ0) is 18.1. The van der Waals surface area contributed by atoms with Crippen molar-refractivity contribution in [2.45, 2.75) is 38.1 Å². The Kier molecular flexibility index (Phi) is 4.52. The summed E-state index contributed by atoms with van der Waals surface area (Å²) in [6, 6.07) is 3.68. The Morgan fingerprint density at radius 1 is 1.20 bits per heavy atom. The zero-order valence-corrected chi connectivity index (χ0v) is 13.9. The normalized spacial score (nSPS) is 17.6. The third kappa shape index (κ3) is 3.11. The van der Waals surface area contributed by atoms with Crippen molar-refractivity contribution in [3.05, 3.63) is 39.4 Å². The maximum atomic E-state index is 12.5. The number of amides is 3. The third-order valence-electron chi connectivity index (χ3n) is 4.97. The molecule has 8 nitrogen and oxygen atoms in total. The van der Waals surface area contributed by atoms with Crippen LogP contribution in [0.2, 0.25) is 0 Å². The minimum absolute atomic E-state index is 0.0210. The topological polar surface area (TPSA) is 101 Å². The Bertz CT molecular complexity index is 755. The first-order valence-corrected chi connectivity index (χ1v) is 8.30. The van der Waals surface area contributed by atoms with Crippen molar-refractivity contribution in [2.75, 3.05) is 13.6 Å². The molecule has 25 heavy (non-hydrogen) atoms. The van der Waals surface area contributed by atoms with Crippen LogP contribution in [0.25, 0.3) is 0 Å². The number of hydrogen-bond donors (Lipinski definition) is 0. The van der Waals surface area contributed by atoms with Gasteiger partial charge in [-0.1, -0.05) is 19.3 Å². The van der Waals surface area contributed by atoms with E-state index in [9.17, 15) is 24.5 Å². The molecule has 8 heteroatoms. The molecule has 0 atom stereocenters. The molecule has 132 valence electrons. The van der Waals surface area contributed by atoms with Gasteiger partial charge in [0, 0.05) is 25.2 Å². The summed E-state index contributed by atoms with van der Waals surface area (Å²) in [6.07, 6.45) is 5.15. The van der Waals surface area contributed by atoms with Gasteiger partial charge in [0.05, 0.1) is 16.1 Å². The van der Waals surface area contributed by atoms with E-state index in [0.717, 1.165) is 43.1 Å². The number of nitro groups is 1. The molecule has 0 N–H and O–H groups in total. The molecule has 1 fully saturated rings. The van der Waals surface area contributed by atoms with E-state index < -0.39 is 16.7 Å². The van der Waals surface area contributed by atoms with Crippen molar-refractivity contribution < 1.29 is 19.3 Å². The largest absolute Gasteiger partial charge is 0.341 e. The molecule has 0 aromatic heterocycles. The van der Waals surface area contributed by atoms with E-state index in [-0.39, 0.29) is 35.3 Å². The molecule has 1 heterocycles. The van der Waals surface area contributed by atoms with Gasteiger partial charge in [0.25, 0.3) is 17.5 Å². The summed E-state index contributed by atoms with van der Waals surface area (Å²) in [5.41, 5.74) is -0.177. The molecular weight excluding hydrogens is 326 g/mol. The van der Waals surface area contributed by atoms with Crippen molar-refractivity contribution in [2.24, 2.45) is 0 Å². The number of benzene rings is 1. The van der Waals surface area contributed by atoms with Crippen LogP contribution < -0.4 is 0 Å². The predicted molar refractivity (Wildman–Crippen MR) is 88.1 cm³/mol. The molecule has 3 amide bonds. The van der Waals surface area contributed by atoms with Crippen LogP contribution in [0.4, 0.5) is 5.69 Å². The Morgan fingerprint density at radius 2 is 1.84 bits per heavy atom. The van der Waals surface area contributed by atoms with Gasteiger partial charge in [-0.2, -0.15) is 0 Å². The second kappa shape index (κ2) is 6.62. The molecule has 0 bridgehead atoms. The number of nitrogens with zero attached hydrogens (tertiary/aromatic N) is 3. The van der Waals surface area contributed by atoms with Gasteiger partial charge >= 0.3 is 0 Å². The lowest BCUT2D eigenvalue weighted by atomic mass is 9.94. The van der Waals surface area contributed by atoms with Crippen molar-refractivity contribution >= 4 is 23.4 Å². The standard InChI is InChI=1S/C17H19N3O5/c1-18(11-5-3-2-4-6-11)15(21)10-19-16(22)13-8-7-12(20(24)25)9-14(13)17(19)23/h7-9,11H,2-6,10H2,1H3. The van der Waals surface area contributed by atoms with Crippen molar-refractivity contribution in [1.29, 1.82) is 0 Å². The quantitative estimate of drug-likeness (QED) is 0.472. The van der Waals surface area contributed by atoms with Crippen LogP contribution in [0.15, 0.2) is 18.2 Å². The maximum absolute atomic E-state index is 12.5. The molecule has 2 aliphatic rings. The minimum atomic E-state index is -0.658. The van der Waals surface area contributed by atoms with Crippen LogP contribution in [0.1, 0.15) is 52.8 Å². The first kappa shape index (κ1) is 17.1. The van der Waals surface area contributed by atoms with Crippen molar-refractivity contribution in [3.63, 3.8) is 0 Å². The first-order valence-electron chi connectivity index (χ1n) is 8.30. The molecule has 1 aromatic carbocycles. The lowest BCUT2D eigenvalue weighted by Crippen LogP contribution is -2.45. The fraction of sp³-hybridized carbons (Fsp3) is 0.471. The Balaban J connectivity index is 1.75. The highest BCUT2D eigenvalue weighted by atomic mass is 16.6. The number of carbonyl (C=O) groups excluding carboxylic acids is 3. The molecule has 1 aliphatic carbocycles. The number of nitro benzene ring substituents is 1. The minimum Gasteiger partial charge on any atom is -0.341 e. The maximum Gasteiger partial charge on any atom is 0.270 e. The average molecular weight is 345 g/mol. The second-order valence-corrected chi connectivity index (χ2v) is 6.48. The second-order valence-electron chi connectivity index (χ2n) is 6.48. The van der Waals surface area contributed by atoms with Gasteiger partial charge in [-0.15, -0.1) is 0 Å². The van der Waals surface area contributed by atoms with Crippen LogP contribution in [0.3, 0.4) is 0 Å². The van der Waals surface area contributed by atoms with E-state index in [4.69, 9.17) is 0 Å². The van der Waals surface area contributed by atoms with E-state index in [1.54, 1.807) is 11.9 Å². The third-order valence-corrected chi connectivity index (χ3v) is 4.97. The van der Waals surface area contributed by atoms with Crippen LogP contribution in [0.5, 0.6) is 0 Å². The molecule has 3 rings (SSSR count). The SMILES string of the molecule is CN(C(=O)CN1C(=O)c2ccc([N+](=O)[O-])cc2C1=O)C1CCCCC1. The molecule has 1 saturated carbocycles. The number of likely N-dealkylation sites (N-methyl/N-ethyl adjacent to an activating group) is 1. The Hall–Kier alpha value is -2.77. The Labute approximate surface area is 144 Å². The van der Waals surface area contributed by atoms with Crippen molar-refractivity contribution in [3.8, 4) is 0 Å². The van der Waals surface area contributed by atoms with Crippen LogP contribution in [0, 0.1) is 10.1 Å². The first-order chi connectivity index (χ1) is 11.9. The fourth-order valence-electron chi connectivity index (χ4n) is 3.45. The summed E-state index contributed by atoms with van der Waals surface area (Å²) >= 11 is 0. The number of hydrogen-bond acceptors (Lipinski definition) is 5. The summed E-state index contributed by atoms with van der Waals surface area (Å²) in [5, 5.41) is 10.8. The molecule has 1 aliphatic heterocycles. The van der Waals surface area contributed by atoms with Gasteiger partial charge in [0.15, 0.2) is 0 Å². The number of non-ortho nitro benzene ring substituents is 1. The van der Waals surface area contributed by atoms with Crippen molar-refractivity contribution in [1.82, 2.24) is 9.80 Å². The van der Waals surface area contributed by atoms with E-state index in [1.165, 1.54) is 12.1 Å². The highest BCUT2D eigenvalue weighted by Crippen LogP contribution is 2.27. The average Bonchev–Trinajstić information content (AvgIpc) is 2.86. The van der Waals surface area contributed by atoms with E-state index in [0.29, 0.717) is 0 Å². The number of rotatable bonds is 4. The van der Waals surface area contributed by atoms with Gasteiger partial charge < -0.3 is 4.90 Å². The van der Waals surface area contributed by atoms with Gasteiger partial charge in [0.2, 0.25) is 5.91 Å². The van der Waals surface area contributed by atoms with Gasteiger partial charge in [0.1, 0.15) is 6.54 Å². The smallest absolute Gasteiger partial charge is 0.270 e. The summed E-state index contributed by atoms with van der Waals surface area (Å²) in [5.74, 6) is -1.54. The molecular formula is C17H19N3O5. The predicted octanol–water partition coefficient (Wildman–Crippen LogP) is 1.98. The fourth-order valence-corrected chi connectivity index (χ4v) is 3.45. The zero-order valence-electron chi connectivity index (χ0n) is 13.9. The number of carbonyl (C=O) groups is 3. The van der Waals surface area contributed by atoms with Gasteiger partial charge in [-0.3, -0.25) is 29.4 Å². The van der Waals surface area contributed by atoms with E-state index >= 15 is 0 Å². The Morgan fingerprint density at radius 3 is 2.48 bits per heavy atom.